The van der Waals surface area contributed by atoms with E-state index in [1.165, 1.54) is 6.42 Å². The largest absolute Gasteiger partial charge is 0.378 e. The molecule has 0 saturated carbocycles. The maximum absolute atomic E-state index is 6.20. The Kier molecular flexibility index (Phi) is 3.96. The van der Waals surface area contributed by atoms with Gasteiger partial charge in [0.1, 0.15) is 0 Å². The Morgan fingerprint density at radius 3 is 2.50 bits per heavy atom. The van der Waals surface area contributed by atoms with E-state index < -0.39 is 0 Å². The lowest BCUT2D eigenvalue weighted by Crippen LogP contribution is -2.35. The second-order valence-corrected chi connectivity index (χ2v) is 5.79. The predicted molar refractivity (Wildman–Crippen MR) is 60.2 cm³/mol. The molecule has 1 heterocycles. The number of hydrogen-bond acceptors (Lipinski definition) is 2. The van der Waals surface area contributed by atoms with Crippen LogP contribution < -0.4 is 5.73 Å². The third-order valence-corrected chi connectivity index (χ3v) is 3.21. The summed E-state index contributed by atoms with van der Waals surface area (Å²) in [6.07, 6.45) is 3.84. The lowest BCUT2D eigenvalue weighted by atomic mass is 9.84. The van der Waals surface area contributed by atoms with Crippen molar-refractivity contribution in [3.63, 3.8) is 0 Å². The smallest absolute Gasteiger partial charge is 0.0590 e. The molecule has 2 heteroatoms. The number of hydrogen-bond donors (Lipinski definition) is 1. The summed E-state index contributed by atoms with van der Waals surface area (Å²) in [4.78, 5) is 0. The van der Waals surface area contributed by atoms with Crippen molar-refractivity contribution in [1.29, 1.82) is 0 Å². The zero-order chi connectivity index (χ0) is 10.8. The van der Waals surface area contributed by atoms with Gasteiger partial charge in [-0.25, -0.2) is 0 Å². The van der Waals surface area contributed by atoms with Crippen LogP contribution in [0.3, 0.4) is 0 Å². The lowest BCUT2D eigenvalue weighted by Gasteiger charge is -2.25. The summed E-state index contributed by atoms with van der Waals surface area (Å²) in [5.74, 6) is 0.581. The molecule has 1 fully saturated rings. The van der Waals surface area contributed by atoms with Crippen molar-refractivity contribution in [2.45, 2.75) is 59.1 Å². The third kappa shape index (κ3) is 3.58. The molecule has 2 N–H and O–H groups in total. The van der Waals surface area contributed by atoms with Crippen LogP contribution in [0.15, 0.2) is 0 Å². The van der Waals surface area contributed by atoms with Crippen molar-refractivity contribution < 1.29 is 4.74 Å². The minimum absolute atomic E-state index is 0.326. The highest BCUT2D eigenvalue weighted by atomic mass is 16.5. The fraction of sp³-hybridized carbons (Fsp3) is 1.00. The summed E-state index contributed by atoms with van der Waals surface area (Å²) in [6.45, 7) is 9.86. The summed E-state index contributed by atoms with van der Waals surface area (Å²) >= 11 is 0. The minimum atomic E-state index is 0.326. The molecule has 0 aromatic carbocycles. The summed E-state index contributed by atoms with van der Waals surface area (Å²) in [6, 6.07) is 0.326. The number of ether oxygens (including phenoxy) is 1. The fourth-order valence-corrected chi connectivity index (χ4v) is 2.12. The molecule has 84 valence electrons. The molecule has 0 aliphatic carbocycles. The highest BCUT2D eigenvalue weighted by Gasteiger charge is 2.30. The minimum Gasteiger partial charge on any atom is -0.378 e. The molecule has 0 bridgehead atoms. The predicted octanol–water partition coefficient (Wildman–Crippen LogP) is 2.57. The Labute approximate surface area is 88.2 Å². The van der Waals surface area contributed by atoms with Crippen LogP contribution in [-0.4, -0.2) is 18.8 Å². The molecular formula is C12H25NO. The molecule has 3 atom stereocenters. The summed E-state index contributed by atoms with van der Waals surface area (Å²) in [5, 5.41) is 0. The van der Waals surface area contributed by atoms with Gasteiger partial charge in [0.25, 0.3) is 0 Å². The van der Waals surface area contributed by atoms with Crippen molar-refractivity contribution in [1.82, 2.24) is 0 Å². The van der Waals surface area contributed by atoms with Gasteiger partial charge in [-0.05, 0) is 31.6 Å². The van der Waals surface area contributed by atoms with Crippen molar-refractivity contribution in [3.8, 4) is 0 Å². The maximum Gasteiger partial charge on any atom is 0.0590 e. The first-order valence-electron chi connectivity index (χ1n) is 5.77. The van der Waals surface area contributed by atoms with Gasteiger partial charge in [-0.2, -0.15) is 0 Å². The van der Waals surface area contributed by atoms with Gasteiger partial charge < -0.3 is 10.5 Å². The van der Waals surface area contributed by atoms with Crippen LogP contribution in [0.1, 0.15) is 47.0 Å². The molecule has 0 amide bonds. The van der Waals surface area contributed by atoms with Crippen molar-refractivity contribution in [3.05, 3.63) is 0 Å². The molecular weight excluding hydrogens is 174 g/mol. The van der Waals surface area contributed by atoms with Gasteiger partial charge in [0.2, 0.25) is 0 Å². The molecule has 0 spiro atoms. The topological polar surface area (TPSA) is 35.2 Å². The lowest BCUT2D eigenvalue weighted by molar-refractivity contribution is 0.0973. The van der Waals surface area contributed by atoms with Crippen LogP contribution in [0.4, 0.5) is 0 Å². The van der Waals surface area contributed by atoms with Crippen LogP contribution in [0.25, 0.3) is 0 Å². The molecule has 2 nitrogen and oxygen atoms in total. The first-order valence-corrected chi connectivity index (χ1v) is 5.77. The number of rotatable bonds is 3. The Morgan fingerprint density at radius 1 is 1.43 bits per heavy atom. The van der Waals surface area contributed by atoms with Crippen molar-refractivity contribution >= 4 is 0 Å². The van der Waals surface area contributed by atoms with Crippen LogP contribution in [-0.2, 0) is 4.74 Å². The summed E-state index contributed by atoms with van der Waals surface area (Å²) in [7, 11) is 0. The van der Waals surface area contributed by atoms with E-state index in [1.54, 1.807) is 0 Å². The van der Waals surface area contributed by atoms with E-state index in [1.807, 2.05) is 0 Å². The van der Waals surface area contributed by atoms with Gasteiger partial charge in [-0.3, -0.25) is 0 Å². The van der Waals surface area contributed by atoms with Gasteiger partial charge in [0, 0.05) is 18.6 Å². The van der Waals surface area contributed by atoms with E-state index in [2.05, 4.69) is 27.7 Å². The van der Waals surface area contributed by atoms with Crippen molar-refractivity contribution in [2.24, 2.45) is 17.1 Å². The average molecular weight is 199 g/mol. The first-order chi connectivity index (χ1) is 6.40. The quantitative estimate of drug-likeness (QED) is 0.758. The Hall–Kier alpha value is -0.0800. The first kappa shape index (κ1) is 12.0. The molecule has 0 radical (unpaired) electrons. The van der Waals surface area contributed by atoms with Gasteiger partial charge in [-0.15, -0.1) is 0 Å². The van der Waals surface area contributed by atoms with E-state index in [9.17, 15) is 0 Å². The maximum atomic E-state index is 6.20. The molecule has 0 aromatic rings. The van der Waals surface area contributed by atoms with E-state index in [4.69, 9.17) is 10.5 Å². The normalized spacial score (nSPS) is 30.6. The molecule has 1 aliphatic rings. The molecule has 0 aromatic heterocycles. The zero-order valence-electron chi connectivity index (χ0n) is 10.0. The van der Waals surface area contributed by atoms with E-state index in [0.29, 0.717) is 23.5 Å². The molecule has 14 heavy (non-hydrogen) atoms. The molecule has 1 aliphatic heterocycles. The van der Waals surface area contributed by atoms with Gasteiger partial charge in [0.15, 0.2) is 0 Å². The van der Waals surface area contributed by atoms with E-state index in [-0.39, 0.29) is 0 Å². The van der Waals surface area contributed by atoms with Crippen LogP contribution in [0.5, 0.6) is 0 Å². The second-order valence-electron chi connectivity index (χ2n) is 5.79. The Bertz CT molecular complexity index is 174. The summed E-state index contributed by atoms with van der Waals surface area (Å²) < 4.78 is 5.54. The van der Waals surface area contributed by atoms with Gasteiger partial charge in [0.05, 0.1) is 6.10 Å². The Morgan fingerprint density at radius 2 is 2.07 bits per heavy atom. The number of nitrogens with two attached hydrogens (primary N) is 1. The highest BCUT2D eigenvalue weighted by molar-refractivity contribution is 4.83. The van der Waals surface area contributed by atoms with Gasteiger partial charge in [-0.1, -0.05) is 20.8 Å². The molecule has 3 unspecified atom stereocenters. The van der Waals surface area contributed by atoms with Gasteiger partial charge >= 0.3 is 0 Å². The molecule has 1 rings (SSSR count). The average Bonchev–Trinajstić information content (AvgIpc) is 2.46. The van der Waals surface area contributed by atoms with Crippen LogP contribution in [0.2, 0.25) is 0 Å². The zero-order valence-corrected chi connectivity index (χ0v) is 10.0. The third-order valence-electron chi connectivity index (χ3n) is 3.21. The molecule has 1 saturated heterocycles. The highest BCUT2D eigenvalue weighted by Crippen LogP contribution is 2.28. The van der Waals surface area contributed by atoms with E-state index >= 15 is 0 Å². The van der Waals surface area contributed by atoms with Crippen molar-refractivity contribution in [2.75, 3.05) is 6.61 Å². The van der Waals surface area contributed by atoms with Crippen LogP contribution in [0, 0.1) is 11.3 Å². The monoisotopic (exact) mass is 199 g/mol. The SMILES string of the molecule is CC1OCCC1C(N)CCC(C)(C)C. The second kappa shape index (κ2) is 4.63. The Balaban J connectivity index is 2.31. The fourth-order valence-electron chi connectivity index (χ4n) is 2.12. The summed E-state index contributed by atoms with van der Waals surface area (Å²) in [5.41, 5.74) is 6.60. The van der Waals surface area contributed by atoms with E-state index in [0.717, 1.165) is 19.4 Å². The standard InChI is InChI=1S/C12H25NO/c1-9-10(6-8-14-9)11(13)5-7-12(2,3)4/h9-11H,5-8,13H2,1-4H3. The van der Waals surface area contributed by atoms with Crippen LogP contribution >= 0.6 is 0 Å².